The molecule has 2 atom stereocenters. The molecule has 0 saturated heterocycles. The van der Waals surface area contributed by atoms with Crippen LogP contribution in [0.25, 0.3) is 0 Å². The van der Waals surface area contributed by atoms with Crippen LogP contribution in [0.5, 0.6) is 0 Å². The van der Waals surface area contributed by atoms with Crippen LogP contribution in [0.1, 0.15) is 52.4 Å². The normalized spacial score (nSPS) is 52.1. The Morgan fingerprint density at radius 1 is 1.06 bits per heavy atom. The lowest BCUT2D eigenvalue weighted by Gasteiger charge is -2.65. The van der Waals surface area contributed by atoms with Crippen molar-refractivity contribution in [3.05, 3.63) is 0 Å². The molecule has 4 saturated carbocycles. The lowest BCUT2D eigenvalue weighted by molar-refractivity contribution is -0.118. The van der Waals surface area contributed by atoms with Gasteiger partial charge in [0.2, 0.25) is 0 Å². The molecule has 4 fully saturated rings. The molecule has 2 heteroatoms. The largest absolute Gasteiger partial charge is 0.383 e. The highest BCUT2D eigenvalue weighted by Crippen LogP contribution is 2.66. The van der Waals surface area contributed by atoms with Gasteiger partial charge in [-0.2, -0.15) is 0 Å². The Morgan fingerprint density at radius 2 is 1.71 bits per heavy atom. The fourth-order valence-electron chi connectivity index (χ4n) is 6.06. The molecule has 1 N–H and O–H groups in total. The van der Waals surface area contributed by atoms with E-state index in [2.05, 4.69) is 19.2 Å². The minimum atomic E-state index is 0.446. The van der Waals surface area contributed by atoms with Crippen LogP contribution >= 0.6 is 0 Å². The molecule has 0 aromatic carbocycles. The van der Waals surface area contributed by atoms with Crippen molar-refractivity contribution in [2.75, 3.05) is 20.3 Å². The van der Waals surface area contributed by atoms with Gasteiger partial charge in [-0.15, -0.1) is 0 Å². The standard InChI is InChI=1S/C15H27NO/c1-13-6-12-7-14(2,9-13)11-15(8-12,10-13)16-4-5-17-3/h12,16H,4-11H2,1-3H3. The van der Waals surface area contributed by atoms with Gasteiger partial charge in [0.15, 0.2) is 0 Å². The van der Waals surface area contributed by atoms with Crippen LogP contribution in [0.3, 0.4) is 0 Å². The van der Waals surface area contributed by atoms with Crippen molar-refractivity contribution in [1.29, 1.82) is 0 Å². The third-order valence-corrected chi connectivity index (χ3v) is 5.43. The highest BCUT2D eigenvalue weighted by Gasteiger charge is 2.59. The van der Waals surface area contributed by atoms with Crippen LogP contribution in [0, 0.1) is 16.7 Å². The molecule has 0 spiro atoms. The molecule has 0 aromatic heterocycles. The van der Waals surface area contributed by atoms with E-state index >= 15 is 0 Å². The molecule has 0 aliphatic heterocycles. The van der Waals surface area contributed by atoms with Crippen molar-refractivity contribution in [3.63, 3.8) is 0 Å². The minimum Gasteiger partial charge on any atom is -0.383 e. The fraction of sp³-hybridized carbons (Fsp3) is 1.00. The molecular weight excluding hydrogens is 210 g/mol. The molecule has 4 rings (SSSR count). The summed E-state index contributed by atoms with van der Waals surface area (Å²) in [6.07, 6.45) is 8.64. The number of methoxy groups -OCH3 is 1. The predicted molar refractivity (Wildman–Crippen MR) is 70.0 cm³/mol. The van der Waals surface area contributed by atoms with Gasteiger partial charge in [-0.1, -0.05) is 13.8 Å². The van der Waals surface area contributed by atoms with E-state index in [-0.39, 0.29) is 0 Å². The number of nitrogens with one attached hydrogen (secondary N) is 1. The van der Waals surface area contributed by atoms with Gasteiger partial charge in [0.1, 0.15) is 0 Å². The lowest BCUT2D eigenvalue weighted by atomic mass is 9.43. The third-order valence-electron chi connectivity index (χ3n) is 5.43. The summed E-state index contributed by atoms with van der Waals surface area (Å²) < 4.78 is 5.19. The van der Waals surface area contributed by atoms with Gasteiger partial charge >= 0.3 is 0 Å². The quantitative estimate of drug-likeness (QED) is 0.759. The zero-order valence-electron chi connectivity index (χ0n) is 11.6. The van der Waals surface area contributed by atoms with E-state index in [1.165, 1.54) is 38.5 Å². The average Bonchev–Trinajstić information content (AvgIpc) is 2.11. The van der Waals surface area contributed by atoms with Gasteiger partial charge in [0.05, 0.1) is 6.61 Å². The molecule has 4 aliphatic carbocycles. The Kier molecular flexibility index (Phi) is 2.61. The Morgan fingerprint density at radius 3 is 2.24 bits per heavy atom. The van der Waals surface area contributed by atoms with E-state index in [4.69, 9.17) is 4.74 Å². The summed E-state index contributed by atoms with van der Waals surface area (Å²) in [6.45, 7) is 6.93. The maximum absolute atomic E-state index is 5.19. The van der Waals surface area contributed by atoms with E-state index in [1.807, 2.05) is 0 Å². The molecule has 0 aromatic rings. The maximum atomic E-state index is 5.19. The second kappa shape index (κ2) is 3.71. The number of hydrogen-bond donors (Lipinski definition) is 1. The van der Waals surface area contributed by atoms with Crippen LogP contribution < -0.4 is 5.32 Å². The van der Waals surface area contributed by atoms with Crippen LogP contribution in [0.15, 0.2) is 0 Å². The van der Waals surface area contributed by atoms with Gasteiger partial charge in [-0.3, -0.25) is 0 Å². The zero-order chi connectivity index (χ0) is 12.1. The molecular formula is C15H27NO. The summed E-state index contributed by atoms with van der Waals surface area (Å²) in [5, 5.41) is 3.85. The zero-order valence-corrected chi connectivity index (χ0v) is 11.6. The van der Waals surface area contributed by atoms with Gasteiger partial charge < -0.3 is 10.1 Å². The molecule has 4 aliphatic rings. The predicted octanol–water partition coefficient (Wildman–Crippen LogP) is 2.97. The molecule has 98 valence electrons. The summed E-state index contributed by atoms with van der Waals surface area (Å²) in [5.41, 5.74) is 1.68. The second-order valence-corrected chi connectivity index (χ2v) is 7.83. The maximum Gasteiger partial charge on any atom is 0.0587 e. The fourth-order valence-corrected chi connectivity index (χ4v) is 6.06. The summed E-state index contributed by atoms with van der Waals surface area (Å²) >= 11 is 0. The summed E-state index contributed by atoms with van der Waals surface area (Å²) in [6, 6.07) is 0. The van der Waals surface area contributed by atoms with E-state index in [0.717, 1.165) is 19.1 Å². The van der Waals surface area contributed by atoms with Crippen LogP contribution in [0.2, 0.25) is 0 Å². The van der Waals surface area contributed by atoms with Crippen molar-refractivity contribution in [3.8, 4) is 0 Å². The van der Waals surface area contributed by atoms with Crippen LogP contribution in [-0.4, -0.2) is 25.8 Å². The second-order valence-electron chi connectivity index (χ2n) is 7.83. The minimum absolute atomic E-state index is 0.446. The molecule has 0 heterocycles. The Labute approximate surface area is 105 Å². The topological polar surface area (TPSA) is 21.3 Å². The van der Waals surface area contributed by atoms with Crippen molar-refractivity contribution in [1.82, 2.24) is 5.32 Å². The molecule has 2 unspecified atom stereocenters. The first-order chi connectivity index (χ1) is 7.97. The van der Waals surface area contributed by atoms with Crippen molar-refractivity contribution < 1.29 is 4.74 Å². The van der Waals surface area contributed by atoms with Crippen molar-refractivity contribution in [2.24, 2.45) is 16.7 Å². The highest BCUT2D eigenvalue weighted by molar-refractivity contribution is 5.14. The molecule has 17 heavy (non-hydrogen) atoms. The summed E-state index contributed by atoms with van der Waals surface area (Å²) in [7, 11) is 1.80. The molecule has 0 radical (unpaired) electrons. The Hall–Kier alpha value is -0.0800. The lowest BCUT2D eigenvalue weighted by Crippen LogP contribution is -2.64. The van der Waals surface area contributed by atoms with Gasteiger partial charge in [0.25, 0.3) is 0 Å². The summed E-state index contributed by atoms with van der Waals surface area (Å²) in [5.74, 6) is 0.983. The average molecular weight is 237 g/mol. The van der Waals surface area contributed by atoms with Crippen molar-refractivity contribution in [2.45, 2.75) is 57.9 Å². The monoisotopic (exact) mass is 237 g/mol. The van der Waals surface area contributed by atoms with E-state index in [0.29, 0.717) is 16.4 Å². The Balaban J connectivity index is 1.77. The third kappa shape index (κ3) is 2.04. The van der Waals surface area contributed by atoms with Gasteiger partial charge in [0, 0.05) is 19.2 Å². The van der Waals surface area contributed by atoms with E-state index in [9.17, 15) is 0 Å². The van der Waals surface area contributed by atoms with Crippen molar-refractivity contribution >= 4 is 0 Å². The first-order valence-corrected chi connectivity index (χ1v) is 7.21. The number of hydrogen-bond acceptors (Lipinski definition) is 2. The number of rotatable bonds is 4. The molecule has 4 bridgehead atoms. The van der Waals surface area contributed by atoms with E-state index < -0.39 is 0 Å². The highest BCUT2D eigenvalue weighted by atomic mass is 16.5. The molecule has 2 nitrogen and oxygen atoms in total. The SMILES string of the molecule is COCCNC12CC3CC(C)(CC(C)(C3)C1)C2. The Bertz CT molecular complexity index is 296. The van der Waals surface area contributed by atoms with Gasteiger partial charge in [-0.05, 0) is 55.3 Å². The molecule has 0 amide bonds. The first-order valence-electron chi connectivity index (χ1n) is 7.21. The first kappa shape index (κ1) is 12.0. The van der Waals surface area contributed by atoms with Gasteiger partial charge in [-0.25, -0.2) is 0 Å². The van der Waals surface area contributed by atoms with Crippen LogP contribution in [0.4, 0.5) is 0 Å². The summed E-state index contributed by atoms with van der Waals surface area (Å²) in [4.78, 5) is 0. The van der Waals surface area contributed by atoms with E-state index in [1.54, 1.807) is 7.11 Å². The number of ether oxygens (including phenoxy) is 1. The van der Waals surface area contributed by atoms with Crippen LogP contribution in [-0.2, 0) is 4.74 Å². The smallest absolute Gasteiger partial charge is 0.0587 e.